The first kappa shape index (κ1) is 16.6. The van der Waals surface area contributed by atoms with Gasteiger partial charge in [0.1, 0.15) is 5.25 Å². The molecule has 1 atom stereocenters. The van der Waals surface area contributed by atoms with E-state index in [2.05, 4.69) is 17.1 Å². The number of hydrogen-bond donors (Lipinski definition) is 1. The van der Waals surface area contributed by atoms with Crippen LogP contribution in [0.2, 0.25) is 0 Å². The smallest absolute Gasteiger partial charge is 0.318 e. The molecule has 1 aromatic heterocycles. The van der Waals surface area contributed by atoms with Gasteiger partial charge in [0.15, 0.2) is 5.16 Å². The first-order chi connectivity index (χ1) is 10.7. The molecule has 0 amide bonds. The van der Waals surface area contributed by atoms with Crippen molar-refractivity contribution in [3.63, 3.8) is 0 Å². The zero-order chi connectivity index (χ0) is 15.9. The second-order valence-electron chi connectivity index (χ2n) is 4.86. The van der Waals surface area contributed by atoms with Crippen molar-refractivity contribution in [1.82, 2.24) is 9.55 Å². The fraction of sp³-hybridized carbons (Fsp3) is 0.375. The van der Waals surface area contributed by atoms with Gasteiger partial charge in [0, 0.05) is 6.54 Å². The van der Waals surface area contributed by atoms with Crippen LogP contribution < -0.4 is 0 Å². The highest BCUT2D eigenvalue weighted by molar-refractivity contribution is 8.00. The Labute approximate surface area is 134 Å². The van der Waals surface area contributed by atoms with E-state index in [1.807, 2.05) is 22.8 Å². The molecule has 0 bridgehead atoms. The minimum atomic E-state index is -0.339. The van der Waals surface area contributed by atoms with Gasteiger partial charge in [0.2, 0.25) is 0 Å². The number of carbonyl (C=O) groups is 1. The number of imidazole rings is 1. The number of hydrogen-bond acceptors (Lipinski definition) is 5. The Balaban J connectivity index is 2.11. The normalized spacial score (nSPS) is 12.1. The molecular formula is C16H20N2O3S. The highest BCUT2D eigenvalue weighted by Gasteiger charge is 2.19. The summed E-state index contributed by atoms with van der Waals surface area (Å²) in [5.74, 6) is -0.284. The number of aromatic nitrogens is 2. The predicted octanol–water partition coefficient (Wildman–Crippen LogP) is 2.27. The molecule has 5 nitrogen and oxygen atoms in total. The van der Waals surface area contributed by atoms with Crippen LogP contribution in [0.4, 0.5) is 0 Å². The molecule has 22 heavy (non-hydrogen) atoms. The van der Waals surface area contributed by atoms with E-state index < -0.39 is 0 Å². The quantitative estimate of drug-likeness (QED) is 0.626. The molecule has 6 heteroatoms. The lowest BCUT2D eigenvalue weighted by atomic mass is 10.1. The van der Waals surface area contributed by atoms with Crippen LogP contribution in [0, 0.1) is 0 Å². The predicted molar refractivity (Wildman–Crippen MR) is 85.6 cm³/mol. The van der Waals surface area contributed by atoms with Gasteiger partial charge in [0.05, 0.1) is 25.6 Å². The molecule has 1 aromatic carbocycles. The van der Waals surface area contributed by atoms with E-state index >= 15 is 0 Å². The number of carbonyl (C=O) groups excluding carboxylic acids is 1. The summed E-state index contributed by atoms with van der Waals surface area (Å²) in [6.07, 6.45) is 2.49. The average Bonchev–Trinajstić information content (AvgIpc) is 2.94. The van der Waals surface area contributed by atoms with Crippen molar-refractivity contribution in [2.75, 3.05) is 7.11 Å². The molecule has 0 aliphatic carbocycles. The lowest BCUT2D eigenvalue weighted by molar-refractivity contribution is -0.139. The molecule has 0 aliphatic rings. The van der Waals surface area contributed by atoms with E-state index in [1.54, 1.807) is 13.1 Å². The van der Waals surface area contributed by atoms with Gasteiger partial charge >= 0.3 is 5.97 Å². The molecule has 0 aliphatic heterocycles. The SMILES string of the molecule is COC(=O)C(C)Sc1ncc(CO)n1CCc1ccccc1. The third-order valence-corrected chi connectivity index (χ3v) is 4.43. The monoisotopic (exact) mass is 320 g/mol. The summed E-state index contributed by atoms with van der Waals surface area (Å²) in [6, 6.07) is 10.1. The van der Waals surface area contributed by atoms with Crippen LogP contribution in [-0.2, 0) is 29.1 Å². The van der Waals surface area contributed by atoms with E-state index in [0.717, 1.165) is 17.3 Å². The number of methoxy groups -OCH3 is 1. The summed E-state index contributed by atoms with van der Waals surface area (Å²) in [7, 11) is 1.38. The van der Waals surface area contributed by atoms with Crippen LogP contribution in [-0.4, -0.2) is 33.0 Å². The van der Waals surface area contributed by atoms with Gasteiger partial charge in [-0.1, -0.05) is 42.1 Å². The maximum absolute atomic E-state index is 11.6. The number of nitrogens with zero attached hydrogens (tertiary/aromatic N) is 2. The van der Waals surface area contributed by atoms with Crippen molar-refractivity contribution in [1.29, 1.82) is 0 Å². The molecule has 1 N–H and O–H groups in total. The summed E-state index contributed by atoms with van der Waals surface area (Å²) in [5.41, 5.74) is 1.97. The van der Waals surface area contributed by atoms with E-state index in [0.29, 0.717) is 6.54 Å². The standard InChI is InChI=1S/C16H20N2O3S/c1-12(15(20)21-2)22-16-17-10-14(11-19)18(16)9-8-13-6-4-3-5-7-13/h3-7,10,12,19H,8-9,11H2,1-2H3. The van der Waals surface area contributed by atoms with Gasteiger partial charge in [-0.25, -0.2) is 4.98 Å². The van der Waals surface area contributed by atoms with Gasteiger partial charge in [-0.3, -0.25) is 4.79 Å². The maximum Gasteiger partial charge on any atom is 0.318 e. The summed E-state index contributed by atoms with van der Waals surface area (Å²) >= 11 is 1.34. The zero-order valence-electron chi connectivity index (χ0n) is 12.7. The Morgan fingerprint density at radius 1 is 1.41 bits per heavy atom. The number of aliphatic hydroxyl groups excluding tert-OH is 1. The van der Waals surface area contributed by atoms with Crippen LogP contribution in [0.15, 0.2) is 41.7 Å². The first-order valence-corrected chi connectivity index (χ1v) is 7.97. The first-order valence-electron chi connectivity index (χ1n) is 7.09. The van der Waals surface area contributed by atoms with Crippen LogP contribution in [0.5, 0.6) is 0 Å². The van der Waals surface area contributed by atoms with Crippen molar-refractivity contribution in [3.8, 4) is 0 Å². The Morgan fingerprint density at radius 2 is 2.14 bits per heavy atom. The molecular weight excluding hydrogens is 300 g/mol. The molecule has 1 heterocycles. The Hall–Kier alpha value is -1.79. The highest BCUT2D eigenvalue weighted by Crippen LogP contribution is 2.24. The number of aliphatic hydroxyl groups is 1. The molecule has 0 saturated heterocycles. The van der Waals surface area contributed by atoms with E-state index in [1.165, 1.54) is 24.4 Å². The second kappa shape index (κ2) is 8.00. The Kier molecular flexibility index (Phi) is 6.03. The number of ether oxygens (including phenoxy) is 1. The highest BCUT2D eigenvalue weighted by atomic mass is 32.2. The van der Waals surface area contributed by atoms with Crippen LogP contribution >= 0.6 is 11.8 Å². The number of esters is 1. The van der Waals surface area contributed by atoms with Crippen LogP contribution in [0.1, 0.15) is 18.2 Å². The number of benzene rings is 1. The minimum Gasteiger partial charge on any atom is -0.468 e. The lowest BCUT2D eigenvalue weighted by Gasteiger charge is -2.13. The van der Waals surface area contributed by atoms with Crippen molar-refractivity contribution in [3.05, 3.63) is 47.8 Å². The largest absolute Gasteiger partial charge is 0.468 e. The van der Waals surface area contributed by atoms with Crippen molar-refractivity contribution < 1.29 is 14.6 Å². The number of rotatable bonds is 7. The summed E-state index contributed by atoms with van der Waals surface area (Å²) < 4.78 is 6.70. The molecule has 2 rings (SSSR count). The van der Waals surface area contributed by atoms with E-state index in [-0.39, 0.29) is 17.8 Å². The fourth-order valence-corrected chi connectivity index (χ4v) is 3.07. The van der Waals surface area contributed by atoms with Crippen molar-refractivity contribution >= 4 is 17.7 Å². The third kappa shape index (κ3) is 4.11. The molecule has 0 saturated carbocycles. The number of thioether (sulfide) groups is 1. The van der Waals surface area contributed by atoms with Crippen molar-refractivity contribution in [2.45, 2.75) is 36.9 Å². The maximum atomic E-state index is 11.6. The van der Waals surface area contributed by atoms with Crippen LogP contribution in [0.3, 0.4) is 0 Å². The van der Waals surface area contributed by atoms with Gasteiger partial charge in [-0.2, -0.15) is 0 Å². The summed E-state index contributed by atoms with van der Waals surface area (Å²) in [4.78, 5) is 15.9. The number of aryl methyl sites for hydroxylation is 1. The molecule has 0 spiro atoms. The van der Waals surface area contributed by atoms with Gasteiger partial charge in [0.25, 0.3) is 0 Å². The zero-order valence-corrected chi connectivity index (χ0v) is 13.5. The second-order valence-corrected chi connectivity index (χ2v) is 6.17. The van der Waals surface area contributed by atoms with Crippen LogP contribution in [0.25, 0.3) is 0 Å². The minimum absolute atomic E-state index is 0.0744. The third-order valence-electron chi connectivity index (χ3n) is 3.35. The molecule has 1 unspecified atom stereocenters. The van der Waals surface area contributed by atoms with E-state index in [4.69, 9.17) is 4.74 Å². The molecule has 0 fully saturated rings. The fourth-order valence-electron chi connectivity index (χ4n) is 2.11. The topological polar surface area (TPSA) is 64.3 Å². The summed E-state index contributed by atoms with van der Waals surface area (Å²) in [5, 5.41) is 9.84. The average molecular weight is 320 g/mol. The molecule has 0 radical (unpaired) electrons. The molecule has 118 valence electrons. The lowest BCUT2D eigenvalue weighted by Crippen LogP contribution is -2.16. The molecule has 2 aromatic rings. The van der Waals surface area contributed by atoms with Crippen molar-refractivity contribution in [2.24, 2.45) is 0 Å². The van der Waals surface area contributed by atoms with Gasteiger partial charge in [-0.15, -0.1) is 0 Å². The van der Waals surface area contributed by atoms with Gasteiger partial charge < -0.3 is 14.4 Å². The summed E-state index contributed by atoms with van der Waals surface area (Å²) in [6.45, 7) is 2.41. The van der Waals surface area contributed by atoms with E-state index in [9.17, 15) is 9.90 Å². The van der Waals surface area contributed by atoms with Gasteiger partial charge in [-0.05, 0) is 18.9 Å². The Bertz CT molecular complexity index is 613. The Morgan fingerprint density at radius 3 is 2.77 bits per heavy atom.